The molecule has 0 unspecified atom stereocenters. The minimum absolute atomic E-state index is 0.00877. The zero-order valence-electron chi connectivity index (χ0n) is 26.6. The fourth-order valence-corrected chi connectivity index (χ4v) is 7.70. The normalized spacial score (nSPS) is 14.4. The molecule has 1 heterocycles. The Balaban J connectivity index is 1.52. The number of nitrogens with zero attached hydrogens (tertiary/aromatic N) is 1. The average molecular weight is 662 g/mol. The van der Waals surface area contributed by atoms with Crippen molar-refractivity contribution in [1.29, 1.82) is 0 Å². The molecule has 1 fully saturated rings. The number of anilines is 2. The van der Waals surface area contributed by atoms with Gasteiger partial charge in [-0.3, -0.25) is 9.69 Å². The Bertz CT molecular complexity index is 2470. The molecular formula is C44H27F4NO. The van der Waals surface area contributed by atoms with Gasteiger partial charge in [0.25, 0.3) is 0 Å². The molecule has 7 aromatic rings. The smallest absolute Gasteiger partial charge is 0.242 e. The van der Waals surface area contributed by atoms with Gasteiger partial charge in [-0.25, -0.2) is 17.6 Å². The molecule has 0 atom stereocenters. The molecule has 1 amide bonds. The quantitative estimate of drug-likeness (QED) is 0.168. The SMILES string of the molecule is O=C1N(c2cccc3c(-c4ccc(F)cc4)c(-c4ccc(F)cc4)c(-c4ccc(F)cc4)c(-c4ccc(F)cc4)c23)c2ccccc2C12CC2. The molecule has 1 spiro atoms. The van der Waals surface area contributed by atoms with Gasteiger partial charge in [-0.15, -0.1) is 0 Å². The third kappa shape index (κ3) is 4.59. The van der Waals surface area contributed by atoms with Crippen LogP contribution in [-0.4, -0.2) is 5.91 Å². The predicted octanol–water partition coefficient (Wildman–Crippen LogP) is 11.8. The van der Waals surface area contributed by atoms with Crippen LogP contribution in [0.25, 0.3) is 55.3 Å². The van der Waals surface area contributed by atoms with Crippen LogP contribution in [0.5, 0.6) is 0 Å². The second kappa shape index (κ2) is 11.3. The molecule has 1 aliphatic carbocycles. The summed E-state index contributed by atoms with van der Waals surface area (Å²) in [6, 6.07) is 38.3. The van der Waals surface area contributed by atoms with E-state index < -0.39 is 28.7 Å². The largest absolute Gasteiger partial charge is 0.279 e. The molecule has 1 aliphatic heterocycles. The molecule has 0 N–H and O–H groups in total. The molecule has 2 aliphatic rings. The van der Waals surface area contributed by atoms with Crippen molar-refractivity contribution in [3.63, 3.8) is 0 Å². The van der Waals surface area contributed by atoms with Crippen LogP contribution in [0.4, 0.5) is 28.9 Å². The standard InChI is InChI=1S/C44H27F4NO/c45-30-16-8-26(9-17-30)38-34-4-3-7-37(49-36-6-2-1-5-35(36)44(24-25-44)43(49)50)42(34)41(29-14-22-33(48)23-15-29)40(28-12-20-32(47)21-13-28)39(38)27-10-18-31(46)19-11-27/h1-23H,24-25H2. The molecule has 2 nitrogen and oxygen atoms in total. The summed E-state index contributed by atoms with van der Waals surface area (Å²) >= 11 is 0. The summed E-state index contributed by atoms with van der Waals surface area (Å²) in [4.78, 5) is 16.3. The number of fused-ring (bicyclic) bond motifs is 3. The first-order chi connectivity index (χ1) is 24.3. The number of carbonyl (C=O) groups is 1. The molecule has 7 aromatic carbocycles. The van der Waals surface area contributed by atoms with E-state index in [-0.39, 0.29) is 5.91 Å². The van der Waals surface area contributed by atoms with Gasteiger partial charge < -0.3 is 0 Å². The van der Waals surface area contributed by atoms with Gasteiger partial charge in [0.05, 0.1) is 16.8 Å². The number of halogens is 4. The summed E-state index contributed by atoms with van der Waals surface area (Å²) in [5, 5.41) is 1.46. The molecule has 0 saturated heterocycles. The van der Waals surface area contributed by atoms with Crippen molar-refractivity contribution >= 4 is 28.1 Å². The van der Waals surface area contributed by atoms with Gasteiger partial charge >= 0.3 is 0 Å². The highest BCUT2D eigenvalue weighted by Crippen LogP contribution is 2.61. The van der Waals surface area contributed by atoms with Crippen LogP contribution in [0, 0.1) is 23.3 Å². The summed E-state index contributed by atoms with van der Waals surface area (Å²) in [5.41, 5.74) is 7.30. The summed E-state index contributed by atoms with van der Waals surface area (Å²) in [6.07, 6.45) is 1.51. The second-order valence-corrected chi connectivity index (χ2v) is 13.0. The minimum atomic E-state index is -0.581. The monoisotopic (exact) mass is 661 g/mol. The highest BCUT2D eigenvalue weighted by Gasteiger charge is 2.59. The predicted molar refractivity (Wildman–Crippen MR) is 190 cm³/mol. The van der Waals surface area contributed by atoms with Crippen LogP contribution in [-0.2, 0) is 10.2 Å². The topological polar surface area (TPSA) is 20.3 Å². The second-order valence-electron chi connectivity index (χ2n) is 13.0. The van der Waals surface area contributed by atoms with Crippen LogP contribution in [0.3, 0.4) is 0 Å². The highest BCUT2D eigenvalue weighted by molar-refractivity contribution is 6.26. The van der Waals surface area contributed by atoms with Crippen molar-refractivity contribution in [3.05, 3.63) is 168 Å². The Kier molecular flexibility index (Phi) is 6.78. The molecule has 0 aromatic heterocycles. The summed E-state index contributed by atoms with van der Waals surface area (Å²) in [5.74, 6) is -1.66. The molecule has 9 rings (SSSR count). The molecule has 0 bridgehead atoms. The van der Waals surface area contributed by atoms with Gasteiger partial charge in [-0.05, 0) is 123 Å². The zero-order valence-corrected chi connectivity index (χ0v) is 26.6. The van der Waals surface area contributed by atoms with Crippen LogP contribution in [0.1, 0.15) is 18.4 Å². The first kappa shape index (κ1) is 30.1. The lowest BCUT2D eigenvalue weighted by atomic mass is 9.78. The first-order valence-corrected chi connectivity index (χ1v) is 16.4. The average Bonchev–Trinajstić information content (AvgIpc) is 3.91. The number of hydrogen-bond donors (Lipinski definition) is 0. The van der Waals surface area contributed by atoms with Crippen molar-refractivity contribution in [2.75, 3.05) is 4.90 Å². The van der Waals surface area contributed by atoms with Crippen LogP contribution >= 0.6 is 0 Å². The van der Waals surface area contributed by atoms with Gasteiger partial charge in [0.2, 0.25) is 5.91 Å². The van der Waals surface area contributed by atoms with Crippen molar-refractivity contribution < 1.29 is 22.4 Å². The van der Waals surface area contributed by atoms with Gasteiger partial charge in [0.1, 0.15) is 23.3 Å². The lowest BCUT2D eigenvalue weighted by molar-refractivity contribution is -0.119. The molecule has 1 saturated carbocycles. The maximum atomic E-state index is 14.6. The number of hydrogen-bond acceptors (Lipinski definition) is 1. The first-order valence-electron chi connectivity index (χ1n) is 16.4. The number of para-hydroxylation sites is 1. The fraction of sp³-hybridized carbons (Fsp3) is 0.0682. The number of carbonyl (C=O) groups excluding carboxylic acids is 1. The molecule has 50 heavy (non-hydrogen) atoms. The van der Waals surface area contributed by atoms with E-state index >= 15 is 0 Å². The zero-order chi connectivity index (χ0) is 34.1. The van der Waals surface area contributed by atoms with Gasteiger partial charge in [-0.1, -0.05) is 78.9 Å². The van der Waals surface area contributed by atoms with Crippen LogP contribution < -0.4 is 4.90 Å². The van der Waals surface area contributed by atoms with E-state index in [0.29, 0.717) is 50.0 Å². The van der Waals surface area contributed by atoms with Crippen molar-refractivity contribution in [3.8, 4) is 44.5 Å². The van der Waals surface area contributed by atoms with E-state index in [2.05, 4.69) is 0 Å². The summed E-state index contributed by atoms with van der Waals surface area (Å²) < 4.78 is 58.0. The molecule has 6 heteroatoms. The van der Waals surface area contributed by atoms with E-state index in [0.717, 1.165) is 35.0 Å². The van der Waals surface area contributed by atoms with E-state index in [4.69, 9.17) is 0 Å². The Morgan fingerprint density at radius 2 is 0.860 bits per heavy atom. The van der Waals surface area contributed by atoms with Crippen molar-refractivity contribution in [2.24, 2.45) is 0 Å². The van der Waals surface area contributed by atoms with Gasteiger partial charge in [0.15, 0.2) is 0 Å². The van der Waals surface area contributed by atoms with Crippen LogP contribution in [0.15, 0.2) is 140 Å². The van der Waals surface area contributed by atoms with Crippen molar-refractivity contribution in [1.82, 2.24) is 0 Å². The van der Waals surface area contributed by atoms with E-state index in [1.807, 2.05) is 42.5 Å². The minimum Gasteiger partial charge on any atom is -0.279 e. The number of benzene rings is 7. The highest BCUT2D eigenvalue weighted by atomic mass is 19.1. The molecule has 242 valence electrons. The molecule has 0 radical (unpaired) electrons. The third-order valence-electron chi connectivity index (χ3n) is 10.1. The number of rotatable bonds is 5. The maximum Gasteiger partial charge on any atom is 0.242 e. The van der Waals surface area contributed by atoms with E-state index in [1.165, 1.54) is 48.5 Å². The Hall–Kier alpha value is -6.01. The maximum absolute atomic E-state index is 14.6. The van der Waals surface area contributed by atoms with E-state index in [9.17, 15) is 22.4 Å². The number of amides is 1. The summed E-state index contributed by atoms with van der Waals surface area (Å²) in [6.45, 7) is 0. The summed E-state index contributed by atoms with van der Waals surface area (Å²) in [7, 11) is 0. The fourth-order valence-electron chi connectivity index (χ4n) is 7.70. The van der Waals surface area contributed by atoms with Crippen LogP contribution in [0.2, 0.25) is 0 Å². The lowest BCUT2D eigenvalue weighted by Crippen LogP contribution is -2.28. The van der Waals surface area contributed by atoms with Gasteiger partial charge in [0, 0.05) is 10.9 Å². The Morgan fingerprint density at radius 3 is 1.36 bits per heavy atom. The third-order valence-corrected chi connectivity index (χ3v) is 10.1. The molecular weight excluding hydrogens is 634 g/mol. The Morgan fingerprint density at radius 1 is 0.440 bits per heavy atom. The van der Waals surface area contributed by atoms with E-state index in [1.54, 1.807) is 53.4 Å². The lowest BCUT2D eigenvalue weighted by Gasteiger charge is -2.28. The van der Waals surface area contributed by atoms with Gasteiger partial charge in [-0.2, -0.15) is 0 Å². The van der Waals surface area contributed by atoms with Crippen molar-refractivity contribution in [2.45, 2.75) is 18.3 Å². The Labute approximate surface area is 285 Å².